The highest BCUT2D eigenvalue weighted by molar-refractivity contribution is 7.89. The van der Waals surface area contributed by atoms with Crippen LogP contribution in [0.5, 0.6) is 0 Å². The lowest BCUT2D eigenvalue weighted by Crippen LogP contribution is -2.45. The van der Waals surface area contributed by atoms with Gasteiger partial charge in [-0.05, 0) is 37.0 Å². The average Bonchev–Trinajstić information content (AvgIpc) is 2.60. The lowest BCUT2D eigenvalue weighted by molar-refractivity contribution is -0.126. The minimum atomic E-state index is -3.23. The summed E-state index contributed by atoms with van der Waals surface area (Å²) in [7, 11) is 0.737. The molecule has 0 radical (unpaired) electrons. The standard InChI is InChI=1S/C18H29N3O3S/c1-4-12-25(23,24)21-11-5-6-16(14-21)18(22)19-13-15-7-9-17(10-8-15)20(2)3/h7-10,16H,4-6,11-14H2,1-3H3,(H,19,22). The Morgan fingerprint density at radius 2 is 1.96 bits per heavy atom. The molecule has 1 aromatic rings. The highest BCUT2D eigenvalue weighted by atomic mass is 32.2. The van der Waals surface area contributed by atoms with E-state index in [9.17, 15) is 13.2 Å². The van der Waals surface area contributed by atoms with E-state index >= 15 is 0 Å². The van der Waals surface area contributed by atoms with Gasteiger partial charge in [0.1, 0.15) is 0 Å². The second kappa shape index (κ2) is 8.67. The van der Waals surface area contributed by atoms with Gasteiger partial charge >= 0.3 is 0 Å². The zero-order valence-electron chi connectivity index (χ0n) is 15.4. The third-order valence-electron chi connectivity index (χ3n) is 4.53. The SMILES string of the molecule is CCCS(=O)(=O)N1CCCC(C(=O)NCc2ccc(N(C)C)cc2)C1. The molecule has 1 atom stereocenters. The van der Waals surface area contributed by atoms with E-state index in [-0.39, 0.29) is 17.6 Å². The number of nitrogens with one attached hydrogen (secondary N) is 1. The van der Waals surface area contributed by atoms with Crippen molar-refractivity contribution in [3.05, 3.63) is 29.8 Å². The van der Waals surface area contributed by atoms with E-state index in [0.717, 1.165) is 24.1 Å². The summed E-state index contributed by atoms with van der Waals surface area (Å²) in [6, 6.07) is 8.02. The fraction of sp³-hybridized carbons (Fsp3) is 0.611. The number of sulfonamides is 1. The van der Waals surface area contributed by atoms with Crippen molar-refractivity contribution >= 4 is 21.6 Å². The number of piperidine rings is 1. The second-order valence-electron chi connectivity index (χ2n) is 6.79. The van der Waals surface area contributed by atoms with Gasteiger partial charge in [0.05, 0.1) is 11.7 Å². The fourth-order valence-corrected chi connectivity index (χ4v) is 4.63. The molecule has 1 amide bonds. The smallest absolute Gasteiger partial charge is 0.224 e. The van der Waals surface area contributed by atoms with E-state index in [1.54, 1.807) is 0 Å². The summed E-state index contributed by atoms with van der Waals surface area (Å²) in [6.45, 7) is 3.14. The average molecular weight is 368 g/mol. The molecule has 7 heteroatoms. The molecule has 0 bridgehead atoms. The zero-order valence-corrected chi connectivity index (χ0v) is 16.2. The van der Waals surface area contributed by atoms with Gasteiger partial charge in [-0.15, -0.1) is 0 Å². The molecule has 0 saturated carbocycles. The number of amides is 1. The van der Waals surface area contributed by atoms with Crippen molar-refractivity contribution in [2.75, 3.05) is 37.8 Å². The molecule has 1 heterocycles. The first-order valence-electron chi connectivity index (χ1n) is 8.85. The van der Waals surface area contributed by atoms with Crippen LogP contribution in [0.25, 0.3) is 0 Å². The maximum Gasteiger partial charge on any atom is 0.224 e. The molecule has 25 heavy (non-hydrogen) atoms. The molecule has 6 nitrogen and oxygen atoms in total. The number of hydrogen-bond donors (Lipinski definition) is 1. The van der Waals surface area contributed by atoms with Gasteiger partial charge < -0.3 is 10.2 Å². The first-order chi connectivity index (χ1) is 11.8. The lowest BCUT2D eigenvalue weighted by atomic mass is 9.99. The molecular formula is C18H29N3O3S. The number of benzene rings is 1. The molecule has 1 aliphatic rings. The summed E-state index contributed by atoms with van der Waals surface area (Å²) in [5, 5.41) is 2.95. The van der Waals surface area contributed by atoms with E-state index in [2.05, 4.69) is 5.32 Å². The maximum absolute atomic E-state index is 12.4. The van der Waals surface area contributed by atoms with E-state index in [1.807, 2.05) is 50.2 Å². The molecule has 140 valence electrons. The molecular weight excluding hydrogens is 338 g/mol. The molecule has 1 saturated heterocycles. The largest absolute Gasteiger partial charge is 0.378 e. The Kier molecular flexibility index (Phi) is 6.84. The van der Waals surface area contributed by atoms with E-state index in [4.69, 9.17) is 0 Å². The maximum atomic E-state index is 12.4. The van der Waals surface area contributed by atoms with Crippen LogP contribution in [0.1, 0.15) is 31.7 Å². The van der Waals surface area contributed by atoms with Crippen molar-refractivity contribution in [1.29, 1.82) is 0 Å². The summed E-state index contributed by atoms with van der Waals surface area (Å²) in [6.07, 6.45) is 2.07. The van der Waals surface area contributed by atoms with Crippen LogP contribution < -0.4 is 10.2 Å². The number of hydrogen-bond acceptors (Lipinski definition) is 4. The Hall–Kier alpha value is -1.60. The van der Waals surface area contributed by atoms with Crippen LogP contribution in [0.4, 0.5) is 5.69 Å². The van der Waals surface area contributed by atoms with Crippen molar-refractivity contribution in [3.8, 4) is 0 Å². The molecule has 1 aromatic carbocycles. The Balaban J connectivity index is 1.89. The molecule has 1 fully saturated rings. The van der Waals surface area contributed by atoms with Gasteiger partial charge in [-0.2, -0.15) is 0 Å². The summed E-state index contributed by atoms with van der Waals surface area (Å²) in [4.78, 5) is 14.5. The van der Waals surface area contributed by atoms with Crippen molar-refractivity contribution in [3.63, 3.8) is 0 Å². The topological polar surface area (TPSA) is 69.7 Å². The summed E-state index contributed by atoms with van der Waals surface area (Å²) in [5.41, 5.74) is 2.14. The number of carbonyl (C=O) groups is 1. The van der Waals surface area contributed by atoms with Crippen LogP contribution in [0.3, 0.4) is 0 Å². The predicted molar refractivity (Wildman–Crippen MR) is 101 cm³/mol. The van der Waals surface area contributed by atoms with Crippen molar-refractivity contribution < 1.29 is 13.2 Å². The van der Waals surface area contributed by atoms with Crippen LogP contribution in [0.2, 0.25) is 0 Å². The van der Waals surface area contributed by atoms with Gasteiger partial charge in [-0.1, -0.05) is 19.1 Å². The van der Waals surface area contributed by atoms with Crippen molar-refractivity contribution in [2.45, 2.75) is 32.7 Å². The van der Waals surface area contributed by atoms with Crippen LogP contribution in [-0.2, 0) is 21.4 Å². The second-order valence-corrected chi connectivity index (χ2v) is 8.88. The predicted octanol–water partition coefficient (Wildman–Crippen LogP) is 1.82. The lowest BCUT2D eigenvalue weighted by Gasteiger charge is -2.31. The van der Waals surface area contributed by atoms with E-state index in [1.165, 1.54) is 4.31 Å². The van der Waals surface area contributed by atoms with Gasteiger partial charge in [-0.25, -0.2) is 12.7 Å². The molecule has 1 aliphatic heterocycles. The number of nitrogens with zero attached hydrogens (tertiary/aromatic N) is 2. The summed E-state index contributed by atoms with van der Waals surface area (Å²) >= 11 is 0. The Bertz CT molecular complexity index is 671. The van der Waals surface area contributed by atoms with Crippen LogP contribution >= 0.6 is 0 Å². The summed E-state index contributed by atoms with van der Waals surface area (Å²) < 4.78 is 25.9. The minimum Gasteiger partial charge on any atom is -0.378 e. The van der Waals surface area contributed by atoms with Crippen molar-refractivity contribution in [1.82, 2.24) is 9.62 Å². The molecule has 1 unspecified atom stereocenters. The molecule has 2 rings (SSSR count). The first-order valence-corrected chi connectivity index (χ1v) is 10.5. The van der Waals surface area contributed by atoms with Gasteiger partial charge in [0.15, 0.2) is 0 Å². The first kappa shape index (κ1) is 19.7. The Morgan fingerprint density at radius 1 is 1.28 bits per heavy atom. The van der Waals surface area contributed by atoms with Gasteiger partial charge in [0, 0.05) is 39.4 Å². The highest BCUT2D eigenvalue weighted by Crippen LogP contribution is 2.20. The molecule has 0 aromatic heterocycles. The van der Waals surface area contributed by atoms with Gasteiger partial charge in [-0.3, -0.25) is 4.79 Å². The normalized spacial score (nSPS) is 18.8. The quantitative estimate of drug-likeness (QED) is 0.798. The fourth-order valence-electron chi connectivity index (χ4n) is 3.04. The highest BCUT2D eigenvalue weighted by Gasteiger charge is 2.31. The zero-order chi connectivity index (χ0) is 18.4. The van der Waals surface area contributed by atoms with Crippen molar-refractivity contribution in [2.24, 2.45) is 5.92 Å². The van der Waals surface area contributed by atoms with Crippen LogP contribution in [0.15, 0.2) is 24.3 Å². The minimum absolute atomic E-state index is 0.0620. The number of rotatable bonds is 7. The number of anilines is 1. The van der Waals surface area contributed by atoms with Crippen LogP contribution in [0, 0.1) is 5.92 Å². The van der Waals surface area contributed by atoms with Gasteiger partial charge in [0.2, 0.25) is 15.9 Å². The van der Waals surface area contributed by atoms with Crippen LogP contribution in [-0.4, -0.2) is 51.6 Å². The summed E-state index contributed by atoms with van der Waals surface area (Å²) in [5.74, 6) is -0.172. The Morgan fingerprint density at radius 3 is 2.56 bits per heavy atom. The third-order valence-corrected chi connectivity index (χ3v) is 6.57. The monoisotopic (exact) mass is 367 g/mol. The third kappa shape index (κ3) is 5.44. The van der Waals surface area contributed by atoms with E-state index in [0.29, 0.717) is 26.1 Å². The molecule has 0 aliphatic carbocycles. The molecule has 0 spiro atoms. The Labute approximate surface area is 151 Å². The van der Waals surface area contributed by atoms with Gasteiger partial charge in [0.25, 0.3) is 0 Å². The van der Waals surface area contributed by atoms with E-state index < -0.39 is 10.0 Å². The number of carbonyl (C=O) groups excluding carboxylic acids is 1. The molecule has 1 N–H and O–H groups in total.